The molecule has 4 rings (SSSR count). The third-order valence-corrected chi connectivity index (χ3v) is 5.67. The number of nitrogens with zero attached hydrogens (tertiary/aromatic N) is 2. The Kier molecular flexibility index (Phi) is 5.22. The molecule has 0 unspecified atom stereocenters. The normalized spacial score (nSPS) is 11.3. The van der Waals surface area contributed by atoms with Gasteiger partial charge in [-0.2, -0.15) is 0 Å². The van der Waals surface area contributed by atoms with E-state index in [4.69, 9.17) is 5.11 Å². The molecule has 156 valence electrons. The van der Waals surface area contributed by atoms with Crippen molar-refractivity contribution < 1.29 is 22.7 Å². The average molecular weight is 438 g/mol. The summed E-state index contributed by atoms with van der Waals surface area (Å²) in [6.07, 6.45) is 0. The summed E-state index contributed by atoms with van der Waals surface area (Å²) in [5, 5.41) is 12.0. The number of hydrogen-bond acceptors (Lipinski definition) is 6. The molecule has 0 bridgehead atoms. The zero-order chi connectivity index (χ0) is 22.0. The molecular weight excluding hydrogens is 423 g/mol. The van der Waals surface area contributed by atoms with Crippen molar-refractivity contribution in [2.24, 2.45) is 0 Å². The standard InChI is InChI=1S/C21H15FN4O4S/c22-14-7-11-16(12-8-14)31(29,30)26-20-19(24-17-3-1-2-4-18(17)25-20)23-15-9-5-13(6-10-15)21(27)28/h1-12H,(H,23,24)(H,25,26)(H,27,28). The average Bonchev–Trinajstić information content (AvgIpc) is 2.74. The molecule has 0 aliphatic rings. The smallest absolute Gasteiger partial charge is 0.335 e. The van der Waals surface area contributed by atoms with Gasteiger partial charge in [-0.1, -0.05) is 12.1 Å². The highest BCUT2D eigenvalue weighted by Gasteiger charge is 2.19. The van der Waals surface area contributed by atoms with Crippen LogP contribution in [-0.4, -0.2) is 29.5 Å². The van der Waals surface area contributed by atoms with Crippen molar-refractivity contribution >= 4 is 44.3 Å². The Morgan fingerprint density at radius 2 is 1.42 bits per heavy atom. The molecule has 0 radical (unpaired) electrons. The van der Waals surface area contributed by atoms with Gasteiger partial charge >= 0.3 is 5.97 Å². The zero-order valence-corrected chi connectivity index (χ0v) is 16.6. The molecule has 0 saturated heterocycles. The van der Waals surface area contributed by atoms with E-state index < -0.39 is 21.8 Å². The Morgan fingerprint density at radius 3 is 2.00 bits per heavy atom. The van der Waals surface area contributed by atoms with Crippen LogP contribution in [0.1, 0.15) is 10.4 Å². The van der Waals surface area contributed by atoms with Gasteiger partial charge in [-0.15, -0.1) is 0 Å². The van der Waals surface area contributed by atoms with Gasteiger partial charge in [0, 0.05) is 5.69 Å². The van der Waals surface area contributed by atoms with Gasteiger partial charge in [-0.25, -0.2) is 27.6 Å². The maximum Gasteiger partial charge on any atom is 0.335 e. The van der Waals surface area contributed by atoms with Crippen LogP contribution in [0.25, 0.3) is 11.0 Å². The van der Waals surface area contributed by atoms with Crippen molar-refractivity contribution in [1.82, 2.24) is 9.97 Å². The second-order valence-corrected chi connectivity index (χ2v) is 8.16. The second-order valence-electron chi connectivity index (χ2n) is 6.48. The largest absolute Gasteiger partial charge is 0.478 e. The maximum atomic E-state index is 13.2. The summed E-state index contributed by atoms with van der Waals surface area (Å²) in [7, 11) is -4.07. The number of fused-ring (bicyclic) bond motifs is 1. The number of rotatable bonds is 6. The number of anilines is 3. The predicted molar refractivity (Wildman–Crippen MR) is 113 cm³/mol. The molecule has 1 aromatic heterocycles. The van der Waals surface area contributed by atoms with Crippen molar-refractivity contribution in [2.75, 3.05) is 10.0 Å². The number of carboxylic acid groups (broad SMARTS) is 1. The molecule has 0 aliphatic carbocycles. The number of hydrogen-bond donors (Lipinski definition) is 3. The highest BCUT2D eigenvalue weighted by atomic mass is 32.2. The summed E-state index contributed by atoms with van der Waals surface area (Å²) in [6.45, 7) is 0. The SMILES string of the molecule is O=C(O)c1ccc(Nc2nc3ccccc3nc2NS(=O)(=O)c2ccc(F)cc2)cc1. The lowest BCUT2D eigenvalue weighted by atomic mass is 10.2. The summed E-state index contributed by atoms with van der Waals surface area (Å²) in [5.74, 6) is -1.57. The molecule has 3 N–H and O–H groups in total. The number of benzene rings is 3. The topological polar surface area (TPSA) is 121 Å². The summed E-state index contributed by atoms with van der Waals surface area (Å²) in [5.41, 5.74) is 1.58. The molecule has 31 heavy (non-hydrogen) atoms. The first-order valence-corrected chi connectivity index (χ1v) is 10.5. The van der Waals surface area contributed by atoms with E-state index in [0.717, 1.165) is 24.3 Å². The number of para-hydroxylation sites is 2. The van der Waals surface area contributed by atoms with Crippen LogP contribution >= 0.6 is 0 Å². The van der Waals surface area contributed by atoms with E-state index in [-0.39, 0.29) is 22.1 Å². The van der Waals surface area contributed by atoms with Gasteiger partial charge in [0.2, 0.25) is 0 Å². The minimum atomic E-state index is -4.07. The van der Waals surface area contributed by atoms with Crippen LogP contribution in [-0.2, 0) is 10.0 Å². The van der Waals surface area contributed by atoms with Gasteiger partial charge in [0.05, 0.1) is 21.5 Å². The molecular formula is C21H15FN4O4S. The fourth-order valence-electron chi connectivity index (χ4n) is 2.79. The van der Waals surface area contributed by atoms with Crippen molar-refractivity contribution in [3.8, 4) is 0 Å². The molecule has 0 saturated carbocycles. The van der Waals surface area contributed by atoms with Crippen molar-refractivity contribution in [3.05, 3.63) is 84.2 Å². The molecule has 0 aliphatic heterocycles. The van der Waals surface area contributed by atoms with Gasteiger partial charge in [0.1, 0.15) is 5.82 Å². The molecule has 0 atom stereocenters. The lowest BCUT2D eigenvalue weighted by molar-refractivity contribution is 0.0697. The van der Waals surface area contributed by atoms with Crippen molar-refractivity contribution in [2.45, 2.75) is 4.90 Å². The quantitative estimate of drug-likeness (QED) is 0.416. The number of aromatic nitrogens is 2. The zero-order valence-electron chi connectivity index (χ0n) is 15.8. The second kappa shape index (κ2) is 8.00. The monoisotopic (exact) mass is 438 g/mol. The number of sulfonamides is 1. The van der Waals surface area contributed by atoms with Gasteiger partial charge in [-0.05, 0) is 60.7 Å². The third kappa shape index (κ3) is 4.43. The first-order valence-electron chi connectivity index (χ1n) is 8.97. The fourth-order valence-corrected chi connectivity index (χ4v) is 3.80. The fraction of sp³-hybridized carbons (Fsp3) is 0. The van der Waals surface area contributed by atoms with Gasteiger partial charge in [-0.3, -0.25) is 4.72 Å². The van der Waals surface area contributed by atoms with E-state index >= 15 is 0 Å². The Bertz CT molecular complexity index is 1380. The number of carboxylic acids is 1. The molecule has 0 spiro atoms. The lowest BCUT2D eigenvalue weighted by Crippen LogP contribution is -2.16. The van der Waals surface area contributed by atoms with E-state index in [9.17, 15) is 17.6 Å². The van der Waals surface area contributed by atoms with Crippen LogP contribution in [0.3, 0.4) is 0 Å². The number of carbonyl (C=O) groups is 1. The Morgan fingerprint density at radius 1 is 0.839 bits per heavy atom. The summed E-state index contributed by atoms with van der Waals surface area (Å²) in [6, 6.07) is 17.2. The first kappa shape index (κ1) is 20.2. The first-order chi connectivity index (χ1) is 14.8. The lowest BCUT2D eigenvalue weighted by Gasteiger charge is -2.14. The molecule has 3 aromatic carbocycles. The van der Waals surface area contributed by atoms with Crippen LogP contribution in [0.5, 0.6) is 0 Å². The number of aromatic carboxylic acids is 1. The highest BCUT2D eigenvalue weighted by molar-refractivity contribution is 7.92. The minimum absolute atomic E-state index is 0.0645. The number of nitrogens with one attached hydrogen (secondary N) is 2. The third-order valence-electron chi connectivity index (χ3n) is 4.32. The van der Waals surface area contributed by atoms with Crippen LogP contribution in [0, 0.1) is 5.82 Å². The molecule has 0 fully saturated rings. The summed E-state index contributed by atoms with van der Waals surface area (Å²) >= 11 is 0. The molecule has 0 amide bonds. The van der Waals surface area contributed by atoms with E-state index in [1.54, 1.807) is 24.3 Å². The van der Waals surface area contributed by atoms with Gasteiger partial charge < -0.3 is 10.4 Å². The van der Waals surface area contributed by atoms with Crippen LogP contribution in [0.15, 0.2) is 77.7 Å². The molecule has 1 heterocycles. The summed E-state index contributed by atoms with van der Waals surface area (Å²) < 4.78 is 41.1. The highest BCUT2D eigenvalue weighted by Crippen LogP contribution is 2.27. The molecule has 8 nitrogen and oxygen atoms in total. The van der Waals surface area contributed by atoms with Crippen LogP contribution in [0.2, 0.25) is 0 Å². The Balaban J connectivity index is 1.74. The van der Waals surface area contributed by atoms with Crippen molar-refractivity contribution in [1.29, 1.82) is 0 Å². The van der Waals surface area contributed by atoms with Gasteiger partial charge in [0.25, 0.3) is 10.0 Å². The Labute approximate surface area is 176 Å². The maximum absolute atomic E-state index is 13.2. The van der Waals surface area contributed by atoms with Gasteiger partial charge in [0.15, 0.2) is 11.6 Å². The Hall–Kier alpha value is -4.05. The summed E-state index contributed by atoms with van der Waals surface area (Å²) in [4.78, 5) is 19.7. The minimum Gasteiger partial charge on any atom is -0.478 e. The predicted octanol–water partition coefficient (Wildman–Crippen LogP) is 4.01. The van der Waals surface area contributed by atoms with E-state index in [0.29, 0.717) is 16.7 Å². The van der Waals surface area contributed by atoms with Crippen LogP contribution < -0.4 is 10.0 Å². The van der Waals surface area contributed by atoms with E-state index in [2.05, 4.69) is 20.0 Å². The van der Waals surface area contributed by atoms with Crippen molar-refractivity contribution in [3.63, 3.8) is 0 Å². The number of halogens is 1. The van der Waals surface area contributed by atoms with E-state index in [1.165, 1.54) is 24.3 Å². The molecule has 10 heteroatoms. The molecule has 4 aromatic rings. The van der Waals surface area contributed by atoms with E-state index in [1.807, 2.05) is 0 Å². The van der Waals surface area contributed by atoms with Crippen LogP contribution in [0.4, 0.5) is 21.7 Å².